The van der Waals surface area contributed by atoms with Crippen molar-refractivity contribution in [2.24, 2.45) is 5.73 Å². The monoisotopic (exact) mass is 231 g/mol. The number of carboxylic acids is 1. The topological polar surface area (TPSA) is 95.7 Å². The van der Waals surface area contributed by atoms with Crippen molar-refractivity contribution in [3.63, 3.8) is 0 Å². The lowest BCUT2D eigenvalue weighted by Crippen LogP contribution is -2.36. The molecule has 6 nitrogen and oxygen atoms in total. The molecule has 0 bridgehead atoms. The third kappa shape index (κ3) is 2.87. The molecular formula is C8H13N3O3S. The number of nitrogens with zero attached hydrogens (tertiary/aromatic N) is 1. The Labute approximate surface area is 92.4 Å². The van der Waals surface area contributed by atoms with E-state index in [1.54, 1.807) is 0 Å². The van der Waals surface area contributed by atoms with Crippen LogP contribution in [-0.2, 0) is 9.59 Å². The summed E-state index contributed by atoms with van der Waals surface area (Å²) in [4.78, 5) is 23.2. The number of carbonyl (C=O) groups excluding carboxylic acids is 1. The minimum absolute atomic E-state index is 0.185. The van der Waals surface area contributed by atoms with Crippen LogP contribution in [0.4, 0.5) is 0 Å². The van der Waals surface area contributed by atoms with Crippen molar-refractivity contribution in [3.05, 3.63) is 0 Å². The number of hydrogen-bond acceptors (Lipinski definition) is 4. The minimum atomic E-state index is -1.08. The van der Waals surface area contributed by atoms with Gasteiger partial charge < -0.3 is 16.2 Å². The highest BCUT2D eigenvalue weighted by molar-refractivity contribution is 7.80. The molecule has 15 heavy (non-hydrogen) atoms. The molecule has 0 unspecified atom stereocenters. The Morgan fingerprint density at radius 1 is 1.67 bits per heavy atom. The van der Waals surface area contributed by atoms with Crippen LogP contribution in [0.15, 0.2) is 0 Å². The van der Waals surface area contributed by atoms with E-state index >= 15 is 0 Å². The largest absolute Gasteiger partial charge is 0.480 e. The second kappa shape index (κ2) is 5.04. The molecule has 1 saturated heterocycles. The standard InChI is InChI=1S/C8H13N3O3S/c9-3-1-2-5-7(14)11(4-6(12)13)8(15)10-5/h5H,1-4,9H2,(H,10,15)(H,12,13)/t5-/m0/s1. The maximum atomic E-state index is 11.6. The third-order valence-corrected chi connectivity index (χ3v) is 2.44. The van der Waals surface area contributed by atoms with E-state index in [1.165, 1.54) is 0 Å². The van der Waals surface area contributed by atoms with Crippen LogP contribution in [0.3, 0.4) is 0 Å². The predicted molar refractivity (Wildman–Crippen MR) is 57.2 cm³/mol. The molecule has 4 N–H and O–H groups in total. The highest BCUT2D eigenvalue weighted by Gasteiger charge is 2.35. The van der Waals surface area contributed by atoms with Gasteiger partial charge in [-0.05, 0) is 31.6 Å². The maximum Gasteiger partial charge on any atom is 0.323 e. The van der Waals surface area contributed by atoms with Gasteiger partial charge in [-0.3, -0.25) is 14.5 Å². The lowest BCUT2D eigenvalue weighted by Gasteiger charge is -2.10. The van der Waals surface area contributed by atoms with Gasteiger partial charge in [0.1, 0.15) is 12.6 Å². The average Bonchev–Trinajstić information content (AvgIpc) is 2.42. The molecule has 1 heterocycles. The Morgan fingerprint density at radius 2 is 2.33 bits per heavy atom. The summed E-state index contributed by atoms with van der Waals surface area (Å²) in [5, 5.41) is 11.5. The first-order valence-electron chi connectivity index (χ1n) is 4.60. The van der Waals surface area contributed by atoms with Gasteiger partial charge >= 0.3 is 5.97 Å². The van der Waals surface area contributed by atoms with Crippen LogP contribution in [-0.4, -0.2) is 46.1 Å². The van der Waals surface area contributed by atoms with E-state index in [-0.39, 0.29) is 17.6 Å². The Balaban J connectivity index is 2.58. The first-order chi connectivity index (χ1) is 7.06. The third-order valence-electron chi connectivity index (χ3n) is 2.10. The van der Waals surface area contributed by atoms with E-state index in [9.17, 15) is 9.59 Å². The molecule has 0 aromatic heterocycles. The molecule has 1 aliphatic heterocycles. The van der Waals surface area contributed by atoms with Crippen molar-refractivity contribution in [1.29, 1.82) is 0 Å². The molecule has 7 heteroatoms. The van der Waals surface area contributed by atoms with Crippen LogP contribution in [0.5, 0.6) is 0 Å². The zero-order chi connectivity index (χ0) is 11.4. The van der Waals surface area contributed by atoms with Crippen molar-refractivity contribution in [2.75, 3.05) is 13.1 Å². The van der Waals surface area contributed by atoms with E-state index in [2.05, 4.69) is 5.32 Å². The second-order valence-corrected chi connectivity index (χ2v) is 3.64. The van der Waals surface area contributed by atoms with Gasteiger partial charge in [0.05, 0.1) is 0 Å². The normalized spacial score (nSPS) is 20.6. The molecule has 1 fully saturated rings. The fourth-order valence-corrected chi connectivity index (χ4v) is 1.68. The molecule has 84 valence electrons. The number of carbonyl (C=O) groups is 2. The van der Waals surface area contributed by atoms with Crippen molar-refractivity contribution >= 4 is 29.2 Å². The Morgan fingerprint density at radius 3 is 2.87 bits per heavy atom. The van der Waals surface area contributed by atoms with Gasteiger partial charge in [-0.25, -0.2) is 0 Å². The molecule has 0 spiro atoms. The number of amides is 1. The smallest absolute Gasteiger partial charge is 0.323 e. The zero-order valence-corrected chi connectivity index (χ0v) is 8.92. The molecule has 0 aliphatic carbocycles. The van der Waals surface area contributed by atoms with Gasteiger partial charge in [0.25, 0.3) is 5.91 Å². The molecule has 1 atom stereocenters. The van der Waals surface area contributed by atoms with Crippen molar-refractivity contribution < 1.29 is 14.7 Å². The van der Waals surface area contributed by atoms with E-state index in [0.717, 1.165) is 4.90 Å². The summed E-state index contributed by atoms with van der Waals surface area (Å²) in [6.45, 7) is 0.112. The summed E-state index contributed by atoms with van der Waals surface area (Å²) in [5.41, 5.74) is 5.32. The fraction of sp³-hybridized carbons (Fsp3) is 0.625. The fourth-order valence-electron chi connectivity index (χ4n) is 1.38. The van der Waals surface area contributed by atoms with Gasteiger partial charge in [0, 0.05) is 0 Å². The molecule has 1 amide bonds. The van der Waals surface area contributed by atoms with Crippen molar-refractivity contribution in [2.45, 2.75) is 18.9 Å². The highest BCUT2D eigenvalue weighted by Crippen LogP contribution is 2.10. The molecule has 0 aromatic rings. The van der Waals surface area contributed by atoms with Gasteiger partial charge in [-0.1, -0.05) is 0 Å². The van der Waals surface area contributed by atoms with Crippen LogP contribution in [0.25, 0.3) is 0 Å². The van der Waals surface area contributed by atoms with Crippen LogP contribution >= 0.6 is 12.2 Å². The maximum absolute atomic E-state index is 11.6. The number of rotatable bonds is 5. The van der Waals surface area contributed by atoms with E-state index in [0.29, 0.717) is 19.4 Å². The van der Waals surface area contributed by atoms with Crippen molar-refractivity contribution in [1.82, 2.24) is 10.2 Å². The zero-order valence-electron chi connectivity index (χ0n) is 8.10. The van der Waals surface area contributed by atoms with E-state index < -0.39 is 12.0 Å². The number of nitrogens with one attached hydrogen (secondary N) is 1. The lowest BCUT2D eigenvalue weighted by molar-refractivity contribution is -0.141. The molecule has 1 rings (SSSR count). The molecule has 1 aliphatic rings. The highest BCUT2D eigenvalue weighted by atomic mass is 32.1. The summed E-state index contributed by atoms with van der Waals surface area (Å²) < 4.78 is 0. The van der Waals surface area contributed by atoms with Crippen LogP contribution < -0.4 is 11.1 Å². The summed E-state index contributed by atoms with van der Waals surface area (Å²) >= 11 is 4.86. The lowest BCUT2D eigenvalue weighted by atomic mass is 10.1. The summed E-state index contributed by atoms with van der Waals surface area (Å²) in [7, 11) is 0. The van der Waals surface area contributed by atoms with Gasteiger partial charge in [0.15, 0.2) is 5.11 Å². The Kier molecular flexibility index (Phi) is 3.98. The first-order valence-corrected chi connectivity index (χ1v) is 5.01. The molecule has 0 saturated carbocycles. The number of hydrogen-bond donors (Lipinski definition) is 3. The minimum Gasteiger partial charge on any atom is -0.480 e. The summed E-state index contributed by atoms with van der Waals surface area (Å²) in [5.74, 6) is -1.36. The molecule has 0 aromatic carbocycles. The SMILES string of the molecule is NCCC[C@@H]1NC(=S)N(CC(=O)O)C1=O. The number of aliphatic carboxylic acids is 1. The average molecular weight is 231 g/mol. The number of carboxylic acid groups (broad SMARTS) is 1. The first kappa shape index (κ1) is 11.9. The molecular weight excluding hydrogens is 218 g/mol. The van der Waals surface area contributed by atoms with Crippen LogP contribution in [0.2, 0.25) is 0 Å². The predicted octanol–water partition coefficient (Wildman–Crippen LogP) is -1.10. The number of nitrogens with two attached hydrogens (primary N) is 1. The van der Waals surface area contributed by atoms with E-state index in [4.69, 9.17) is 23.1 Å². The van der Waals surface area contributed by atoms with Crippen LogP contribution in [0.1, 0.15) is 12.8 Å². The Bertz CT molecular complexity index is 295. The summed E-state index contributed by atoms with van der Waals surface area (Å²) in [6.07, 6.45) is 1.28. The van der Waals surface area contributed by atoms with Gasteiger partial charge in [0.2, 0.25) is 0 Å². The van der Waals surface area contributed by atoms with Gasteiger partial charge in [-0.15, -0.1) is 0 Å². The van der Waals surface area contributed by atoms with E-state index in [1.807, 2.05) is 0 Å². The van der Waals surface area contributed by atoms with Gasteiger partial charge in [-0.2, -0.15) is 0 Å². The summed E-state index contributed by atoms with van der Waals surface area (Å²) in [6, 6.07) is -0.416. The van der Waals surface area contributed by atoms with Crippen molar-refractivity contribution in [3.8, 4) is 0 Å². The quantitative estimate of drug-likeness (QED) is 0.520. The Hall–Kier alpha value is -1.21. The molecule has 0 radical (unpaired) electrons. The number of thiocarbonyl (C=S) groups is 1. The van der Waals surface area contributed by atoms with Crippen LogP contribution in [0, 0.1) is 0 Å². The second-order valence-electron chi connectivity index (χ2n) is 3.25.